The highest BCUT2D eigenvalue weighted by atomic mass is 19.4. The van der Waals surface area contributed by atoms with Gasteiger partial charge in [0, 0.05) is 5.56 Å². The molecule has 0 atom stereocenters. The second-order valence-electron chi connectivity index (χ2n) is 4.63. The number of aromatic carboxylic acids is 1. The summed E-state index contributed by atoms with van der Waals surface area (Å²) in [5, 5.41) is 12.5. The van der Waals surface area contributed by atoms with Crippen LogP contribution in [0.2, 0.25) is 0 Å². The molecule has 23 heavy (non-hydrogen) atoms. The van der Waals surface area contributed by atoms with Crippen LogP contribution in [0, 0.1) is 5.82 Å². The summed E-state index contributed by atoms with van der Waals surface area (Å²) in [4.78, 5) is 15.0. The third kappa shape index (κ3) is 2.60. The van der Waals surface area contributed by atoms with Crippen LogP contribution in [-0.4, -0.2) is 25.7 Å². The van der Waals surface area contributed by atoms with Gasteiger partial charge in [-0.25, -0.2) is 18.7 Å². The number of halogens is 4. The lowest BCUT2D eigenvalue weighted by molar-refractivity contribution is -0.142. The fraction of sp³-hybridized carbons (Fsp3) is 0.0714. The SMILES string of the molecule is O=C(O)c1cnn2c(C(F)(F)F)cc(-c3ccc(F)cc3)nc12. The summed E-state index contributed by atoms with van der Waals surface area (Å²) >= 11 is 0. The second-order valence-corrected chi connectivity index (χ2v) is 4.63. The molecule has 2 aromatic heterocycles. The average molecular weight is 325 g/mol. The lowest BCUT2D eigenvalue weighted by Crippen LogP contribution is -2.14. The molecule has 0 aliphatic carbocycles. The monoisotopic (exact) mass is 325 g/mol. The summed E-state index contributed by atoms with van der Waals surface area (Å²) in [6.45, 7) is 0. The van der Waals surface area contributed by atoms with Crippen LogP contribution in [0.4, 0.5) is 17.6 Å². The van der Waals surface area contributed by atoms with Crippen LogP contribution >= 0.6 is 0 Å². The molecule has 0 amide bonds. The fourth-order valence-corrected chi connectivity index (χ4v) is 2.08. The van der Waals surface area contributed by atoms with E-state index in [1.165, 1.54) is 12.1 Å². The number of nitrogens with zero attached hydrogens (tertiary/aromatic N) is 3. The van der Waals surface area contributed by atoms with Crippen molar-refractivity contribution in [3.8, 4) is 11.3 Å². The van der Waals surface area contributed by atoms with Crippen molar-refractivity contribution in [2.24, 2.45) is 0 Å². The Labute approximate surface area is 125 Å². The van der Waals surface area contributed by atoms with Crippen LogP contribution in [0.3, 0.4) is 0 Å². The Bertz CT molecular complexity index is 901. The first kappa shape index (κ1) is 14.9. The van der Waals surface area contributed by atoms with E-state index in [0.29, 0.717) is 4.52 Å². The van der Waals surface area contributed by atoms with Gasteiger partial charge in [-0.3, -0.25) is 0 Å². The molecule has 0 unspecified atom stereocenters. The lowest BCUT2D eigenvalue weighted by atomic mass is 10.1. The first-order valence-electron chi connectivity index (χ1n) is 6.22. The Morgan fingerprint density at radius 3 is 2.39 bits per heavy atom. The van der Waals surface area contributed by atoms with Gasteiger partial charge in [-0.15, -0.1) is 0 Å². The van der Waals surface area contributed by atoms with E-state index in [-0.39, 0.29) is 11.3 Å². The van der Waals surface area contributed by atoms with Crippen molar-refractivity contribution >= 4 is 11.6 Å². The summed E-state index contributed by atoms with van der Waals surface area (Å²) in [6, 6.07) is 5.39. The summed E-state index contributed by atoms with van der Waals surface area (Å²) in [5.41, 5.74) is -1.98. The number of carboxylic acids is 1. The lowest BCUT2D eigenvalue weighted by Gasteiger charge is -2.11. The molecule has 9 heteroatoms. The van der Waals surface area contributed by atoms with E-state index in [9.17, 15) is 22.4 Å². The number of hydrogen-bond acceptors (Lipinski definition) is 3. The van der Waals surface area contributed by atoms with E-state index < -0.39 is 34.9 Å². The van der Waals surface area contributed by atoms with Crippen LogP contribution in [0.1, 0.15) is 16.1 Å². The molecule has 0 saturated carbocycles. The molecule has 0 bridgehead atoms. The molecular formula is C14H7F4N3O2. The summed E-state index contributed by atoms with van der Waals surface area (Å²) < 4.78 is 53.0. The predicted octanol–water partition coefficient (Wildman–Crippen LogP) is 3.25. The highest BCUT2D eigenvalue weighted by molar-refractivity contribution is 5.94. The van der Waals surface area contributed by atoms with Crippen molar-refractivity contribution in [1.82, 2.24) is 14.6 Å². The number of alkyl halides is 3. The minimum absolute atomic E-state index is 0.132. The zero-order valence-electron chi connectivity index (χ0n) is 11.2. The van der Waals surface area contributed by atoms with Gasteiger partial charge in [0.05, 0.1) is 11.9 Å². The van der Waals surface area contributed by atoms with Crippen molar-refractivity contribution in [1.29, 1.82) is 0 Å². The molecule has 0 fully saturated rings. The molecule has 118 valence electrons. The van der Waals surface area contributed by atoms with Crippen LogP contribution in [0.5, 0.6) is 0 Å². The summed E-state index contributed by atoms with van der Waals surface area (Å²) in [7, 11) is 0. The van der Waals surface area contributed by atoms with Crippen molar-refractivity contribution < 1.29 is 27.5 Å². The number of aromatic nitrogens is 3. The predicted molar refractivity (Wildman–Crippen MR) is 70.3 cm³/mol. The molecule has 0 saturated heterocycles. The largest absolute Gasteiger partial charge is 0.477 e. The summed E-state index contributed by atoms with van der Waals surface area (Å²) in [5.74, 6) is -2.00. The van der Waals surface area contributed by atoms with E-state index in [4.69, 9.17) is 5.11 Å². The van der Waals surface area contributed by atoms with E-state index in [2.05, 4.69) is 10.1 Å². The van der Waals surface area contributed by atoms with Crippen molar-refractivity contribution in [2.45, 2.75) is 6.18 Å². The summed E-state index contributed by atoms with van der Waals surface area (Å²) in [6.07, 6.45) is -3.97. The van der Waals surface area contributed by atoms with Crippen molar-refractivity contribution in [3.63, 3.8) is 0 Å². The third-order valence-electron chi connectivity index (χ3n) is 3.13. The Morgan fingerprint density at radius 2 is 1.83 bits per heavy atom. The smallest absolute Gasteiger partial charge is 0.433 e. The molecule has 1 N–H and O–H groups in total. The molecule has 3 rings (SSSR count). The zero-order chi connectivity index (χ0) is 16.8. The number of hydrogen-bond donors (Lipinski definition) is 1. The molecule has 0 radical (unpaired) electrons. The van der Waals surface area contributed by atoms with Gasteiger partial charge in [0.2, 0.25) is 0 Å². The molecule has 0 spiro atoms. The molecule has 1 aromatic carbocycles. The number of rotatable bonds is 2. The van der Waals surface area contributed by atoms with E-state index >= 15 is 0 Å². The number of fused-ring (bicyclic) bond motifs is 1. The minimum atomic E-state index is -4.77. The molecule has 0 aliphatic heterocycles. The van der Waals surface area contributed by atoms with Gasteiger partial charge in [0.25, 0.3) is 0 Å². The number of carbonyl (C=O) groups is 1. The van der Waals surface area contributed by atoms with Gasteiger partial charge in [0.15, 0.2) is 11.3 Å². The fourth-order valence-electron chi connectivity index (χ4n) is 2.08. The molecular weight excluding hydrogens is 318 g/mol. The standard InChI is InChI=1S/C14H7F4N3O2/c15-8-3-1-7(2-4-8)10-5-11(14(16,17)18)21-12(20-10)9(6-19-21)13(22)23/h1-6H,(H,22,23). The van der Waals surface area contributed by atoms with Crippen LogP contribution < -0.4 is 0 Å². The van der Waals surface area contributed by atoms with Gasteiger partial charge < -0.3 is 5.11 Å². The second kappa shape index (κ2) is 5.04. The quantitative estimate of drug-likeness (QED) is 0.735. The molecule has 5 nitrogen and oxygen atoms in total. The number of benzene rings is 1. The van der Waals surface area contributed by atoms with E-state index in [1.807, 2.05) is 0 Å². The average Bonchev–Trinajstić information content (AvgIpc) is 2.89. The first-order valence-corrected chi connectivity index (χ1v) is 6.22. The van der Waals surface area contributed by atoms with E-state index in [1.54, 1.807) is 0 Å². The normalized spacial score (nSPS) is 11.8. The maximum absolute atomic E-state index is 13.2. The van der Waals surface area contributed by atoms with Crippen molar-refractivity contribution in [3.05, 3.63) is 53.6 Å². The van der Waals surface area contributed by atoms with Crippen LogP contribution in [0.25, 0.3) is 16.9 Å². The molecule has 2 heterocycles. The molecule has 3 aromatic rings. The first-order chi connectivity index (χ1) is 10.8. The minimum Gasteiger partial charge on any atom is -0.477 e. The maximum atomic E-state index is 13.2. The van der Waals surface area contributed by atoms with Gasteiger partial charge in [-0.1, -0.05) is 0 Å². The van der Waals surface area contributed by atoms with Gasteiger partial charge >= 0.3 is 12.1 Å². The number of carboxylic acid groups (broad SMARTS) is 1. The Kier molecular flexibility index (Phi) is 3.28. The maximum Gasteiger partial charge on any atom is 0.433 e. The van der Waals surface area contributed by atoms with Gasteiger partial charge in [-0.05, 0) is 30.3 Å². The van der Waals surface area contributed by atoms with Crippen molar-refractivity contribution in [2.75, 3.05) is 0 Å². The topological polar surface area (TPSA) is 67.5 Å². The Morgan fingerprint density at radius 1 is 1.17 bits per heavy atom. The van der Waals surface area contributed by atoms with Gasteiger partial charge in [-0.2, -0.15) is 18.3 Å². The highest BCUT2D eigenvalue weighted by Crippen LogP contribution is 2.32. The van der Waals surface area contributed by atoms with Crippen LogP contribution in [0.15, 0.2) is 36.5 Å². The van der Waals surface area contributed by atoms with E-state index in [0.717, 1.165) is 24.4 Å². The van der Waals surface area contributed by atoms with Crippen LogP contribution in [-0.2, 0) is 6.18 Å². The Balaban J connectivity index is 2.33. The van der Waals surface area contributed by atoms with Gasteiger partial charge in [0.1, 0.15) is 11.4 Å². The highest BCUT2D eigenvalue weighted by Gasteiger charge is 2.36. The molecule has 0 aliphatic rings. The Hall–Kier alpha value is -2.97. The zero-order valence-corrected chi connectivity index (χ0v) is 11.2. The third-order valence-corrected chi connectivity index (χ3v) is 3.13.